The molecule has 2 aromatic carbocycles. The number of hydrogen-bond acceptors (Lipinski definition) is 1. The molecule has 0 radical (unpaired) electrons. The molecule has 0 unspecified atom stereocenters. The Bertz CT molecular complexity index is 808. The molecule has 1 amide bonds. The minimum absolute atomic E-state index is 0.0101. The van der Waals surface area contributed by atoms with Crippen LogP contribution in [0.1, 0.15) is 11.1 Å². The van der Waals surface area contributed by atoms with Crippen molar-refractivity contribution in [3.05, 3.63) is 82.6 Å². The zero-order chi connectivity index (χ0) is 16.2. The topological polar surface area (TPSA) is 34.0 Å². The summed E-state index contributed by atoms with van der Waals surface area (Å²) in [7, 11) is 0. The molecule has 0 saturated carbocycles. The lowest BCUT2D eigenvalue weighted by Gasteiger charge is -2.09. The maximum Gasteiger partial charge on any atom is 0.228 e. The van der Waals surface area contributed by atoms with Crippen LogP contribution in [-0.4, -0.2) is 10.5 Å². The van der Waals surface area contributed by atoms with E-state index in [2.05, 4.69) is 21.2 Å². The third-order valence-corrected chi connectivity index (χ3v) is 4.16. The van der Waals surface area contributed by atoms with Gasteiger partial charge >= 0.3 is 0 Å². The number of carbonyl (C=O) groups excluding carboxylic acids is 1. The molecule has 116 valence electrons. The first-order chi connectivity index (χ1) is 11.1. The van der Waals surface area contributed by atoms with Gasteiger partial charge in [-0.15, -0.1) is 0 Å². The standard InChI is InChI=1S/C19H17BrN2O/c1-14-12-16(20)6-9-18(14)21-19(23)13-15-4-7-17(8-5-15)22-10-2-3-11-22/h2-12H,13H2,1H3,(H,21,23). The second-order valence-corrected chi connectivity index (χ2v) is 6.36. The number of anilines is 1. The molecule has 0 aliphatic carbocycles. The van der Waals surface area contributed by atoms with Crippen molar-refractivity contribution >= 4 is 27.5 Å². The summed E-state index contributed by atoms with van der Waals surface area (Å²) in [6.07, 6.45) is 4.36. The first-order valence-corrected chi connectivity index (χ1v) is 8.19. The molecule has 1 aromatic heterocycles. The van der Waals surface area contributed by atoms with Crippen molar-refractivity contribution in [2.75, 3.05) is 5.32 Å². The van der Waals surface area contributed by atoms with Crippen LogP contribution in [0.25, 0.3) is 5.69 Å². The highest BCUT2D eigenvalue weighted by Gasteiger charge is 2.07. The minimum atomic E-state index is -0.0101. The van der Waals surface area contributed by atoms with E-state index in [-0.39, 0.29) is 5.91 Å². The smallest absolute Gasteiger partial charge is 0.228 e. The van der Waals surface area contributed by atoms with Crippen LogP contribution in [0.4, 0.5) is 5.69 Å². The molecule has 3 nitrogen and oxygen atoms in total. The lowest BCUT2D eigenvalue weighted by atomic mass is 10.1. The SMILES string of the molecule is Cc1cc(Br)ccc1NC(=O)Cc1ccc(-n2cccc2)cc1. The summed E-state index contributed by atoms with van der Waals surface area (Å²) in [4.78, 5) is 12.2. The van der Waals surface area contributed by atoms with Gasteiger partial charge in [0.25, 0.3) is 0 Å². The average Bonchev–Trinajstić information content (AvgIpc) is 3.05. The van der Waals surface area contributed by atoms with Crippen LogP contribution in [0.3, 0.4) is 0 Å². The first-order valence-electron chi connectivity index (χ1n) is 7.40. The Morgan fingerprint density at radius 2 is 1.78 bits per heavy atom. The fourth-order valence-corrected chi connectivity index (χ4v) is 2.92. The average molecular weight is 369 g/mol. The number of halogens is 1. The molecule has 1 N–H and O–H groups in total. The van der Waals surface area contributed by atoms with Crippen LogP contribution in [0.15, 0.2) is 71.5 Å². The van der Waals surface area contributed by atoms with E-state index in [1.165, 1.54) is 0 Å². The van der Waals surface area contributed by atoms with E-state index < -0.39 is 0 Å². The number of carbonyl (C=O) groups is 1. The van der Waals surface area contributed by atoms with Crippen LogP contribution >= 0.6 is 15.9 Å². The molecule has 23 heavy (non-hydrogen) atoms. The third kappa shape index (κ3) is 3.90. The summed E-state index contributed by atoms with van der Waals surface area (Å²) >= 11 is 3.42. The quantitative estimate of drug-likeness (QED) is 0.709. The Hall–Kier alpha value is -2.33. The molecule has 0 fully saturated rings. The fraction of sp³-hybridized carbons (Fsp3) is 0.105. The van der Waals surface area contributed by atoms with Gasteiger partial charge in [-0.25, -0.2) is 0 Å². The predicted octanol–water partition coefficient (Wildman–Crippen LogP) is 4.73. The maximum absolute atomic E-state index is 12.2. The zero-order valence-electron chi connectivity index (χ0n) is 12.8. The summed E-state index contributed by atoms with van der Waals surface area (Å²) in [6, 6.07) is 17.8. The van der Waals surface area contributed by atoms with Gasteiger partial charge in [-0.3, -0.25) is 4.79 Å². The van der Waals surface area contributed by atoms with Crippen molar-refractivity contribution in [2.45, 2.75) is 13.3 Å². The highest BCUT2D eigenvalue weighted by Crippen LogP contribution is 2.20. The normalized spacial score (nSPS) is 10.5. The summed E-state index contributed by atoms with van der Waals surface area (Å²) in [6.45, 7) is 1.98. The number of benzene rings is 2. The van der Waals surface area contributed by atoms with Crippen molar-refractivity contribution in [2.24, 2.45) is 0 Å². The molecule has 4 heteroatoms. The van der Waals surface area contributed by atoms with Crippen LogP contribution in [0, 0.1) is 6.92 Å². The molecule has 0 aliphatic rings. The van der Waals surface area contributed by atoms with E-state index in [9.17, 15) is 4.79 Å². The molecule has 3 aromatic rings. The Balaban J connectivity index is 1.66. The number of aryl methyl sites for hydroxylation is 1. The molecular weight excluding hydrogens is 352 g/mol. The largest absolute Gasteiger partial charge is 0.326 e. The number of rotatable bonds is 4. The Morgan fingerprint density at radius 1 is 1.09 bits per heavy atom. The molecule has 0 aliphatic heterocycles. The van der Waals surface area contributed by atoms with E-state index >= 15 is 0 Å². The molecule has 1 heterocycles. The van der Waals surface area contributed by atoms with Gasteiger partial charge in [-0.2, -0.15) is 0 Å². The van der Waals surface area contributed by atoms with E-state index in [1.54, 1.807) is 0 Å². The molecular formula is C19H17BrN2O. The van der Waals surface area contributed by atoms with Crippen LogP contribution in [-0.2, 0) is 11.2 Å². The van der Waals surface area contributed by atoms with E-state index in [1.807, 2.05) is 78.5 Å². The first kappa shape index (κ1) is 15.6. The van der Waals surface area contributed by atoms with Gasteiger partial charge in [-0.05, 0) is 60.5 Å². The van der Waals surface area contributed by atoms with Gasteiger partial charge in [0.2, 0.25) is 5.91 Å². The zero-order valence-corrected chi connectivity index (χ0v) is 14.4. The Kier molecular flexibility index (Phi) is 4.63. The summed E-state index contributed by atoms with van der Waals surface area (Å²) in [5.41, 5.74) is 3.97. The van der Waals surface area contributed by atoms with Gasteiger partial charge < -0.3 is 9.88 Å². The molecule has 0 atom stereocenters. The summed E-state index contributed by atoms with van der Waals surface area (Å²) in [5, 5.41) is 2.96. The monoisotopic (exact) mass is 368 g/mol. The summed E-state index contributed by atoms with van der Waals surface area (Å²) < 4.78 is 3.04. The number of nitrogens with one attached hydrogen (secondary N) is 1. The van der Waals surface area contributed by atoms with Gasteiger partial charge in [0.1, 0.15) is 0 Å². The van der Waals surface area contributed by atoms with E-state index in [4.69, 9.17) is 0 Å². The highest BCUT2D eigenvalue weighted by molar-refractivity contribution is 9.10. The lowest BCUT2D eigenvalue weighted by Crippen LogP contribution is -2.15. The Morgan fingerprint density at radius 3 is 2.43 bits per heavy atom. The van der Waals surface area contributed by atoms with Crippen LogP contribution in [0.2, 0.25) is 0 Å². The third-order valence-electron chi connectivity index (χ3n) is 3.67. The Labute approximate surface area is 144 Å². The molecule has 0 saturated heterocycles. The number of amides is 1. The van der Waals surface area contributed by atoms with Crippen molar-refractivity contribution < 1.29 is 4.79 Å². The number of nitrogens with zero attached hydrogens (tertiary/aromatic N) is 1. The fourth-order valence-electron chi connectivity index (χ4n) is 2.44. The predicted molar refractivity (Wildman–Crippen MR) is 97.0 cm³/mol. The summed E-state index contributed by atoms with van der Waals surface area (Å²) in [5.74, 6) is -0.0101. The lowest BCUT2D eigenvalue weighted by molar-refractivity contribution is -0.115. The minimum Gasteiger partial charge on any atom is -0.326 e. The van der Waals surface area contributed by atoms with Crippen molar-refractivity contribution in [3.8, 4) is 5.69 Å². The number of aromatic nitrogens is 1. The van der Waals surface area contributed by atoms with Gasteiger partial charge in [-0.1, -0.05) is 28.1 Å². The second kappa shape index (κ2) is 6.84. The van der Waals surface area contributed by atoms with Gasteiger partial charge in [0.05, 0.1) is 6.42 Å². The van der Waals surface area contributed by atoms with Crippen molar-refractivity contribution in [3.63, 3.8) is 0 Å². The van der Waals surface area contributed by atoms with Gasteiger partial charge in [0.15, 0.2) is 0 Å². The van der Waals surface area contributed by atoms with Crippen molar-refractivity contribution in [1.29, 1.82) is 0 Å². The van der Waals surface area contributed by atoms with Crippen LogP contribution in [0.5, 0.6) is 0 Å². The molecule has 3 rings (SSSR count). The molecule has 0 spiro atoms. The van der Waals surface area contributed by atoms with Crippen molar-refractivity contribution in [1.82, 2.24) is 4.57 Å². The van der Waals surface area contributed by atoms with Gasteiger partial charge in [0, 0.05) is 28.2 Å². The number of hydrogen-bond donors (Lipinski definition) is 1. The highest BCUT2D eigenvalue weighted by atomic mass is 79.9. The van der Waals surface area contributed by atoms with E-state index in [0.717, 1.165) is 27.0 Å². The second-order valence-electron chi connectivity index (χ2n) is 5.44. The maximum atomic E-state index is 12.2. The van der Waals surface area contributed by atoms with E-state index in [0.29, 0.717) is 6.42 Å². The molecule has 0 bridgehead atoms. The van der Waals surface area contributed by atoms with Crippen LogP contribution < -0.4 is 5.32 Å².